The van der Waals surface area contributed by atoms with Crippen molar-refractivity contribution in [1.29, 1.82) is 0 Å². The first kappa shape index (κ1) is 22.8. The third kappa shape index (κ3) is 4.98. The lowest BCUT2D eigenvalue weighted by Crippen LogP contribution is -2.48. The molecule has 4 rings (SSSR count). The number of nitrogens with one attached hydrogen (secondary N) is 1. The van der Waals surface area contributed by atoms with Gasteiger partial charge >= 0.3 is 0 Å². The predicted octanol–water partition coefficient (Wildman–Crippen LogP) is 2.97. The molecule has 2 saturated heterocycles. The number of carbonyl (C=O) groups is 2. The van der Waals surface area contributed by atoms with Crippen LogP contribution in [0.5, 0.6) is 0 Å². The van der Waals surface area contributed by atoms with Gasteiger partial charge in [0.05, 0.1) is 10.8 Å². The van der Waals surface area contributed by atoms with Crippen LogP contribution in [0.25, 0.3) is 0 Å². The van der Waals surface area contributed by atoms with Gasteiger partial charge in [0.1, 0.15) is 0 Å². The van der Waals surface area contributed by atoms with E-state index >= 15 is 0 Å². The zero-order valence-electron chi connectivity index (χ0n) is 17.8. The Bertz CT molecular complexity index is 1100. The molecule has 1 atom stereocenters. The summed E-state index contributed by atoms with van der Waals surface area (Å²) in [4.78, 5) is 29.1. The van der Waals surface area contributed by atoms with Crippen LogP contribution in [-0.2, 0) is 19.6 Å². The molecule has 2 aliphatic heterocycles. The van der Waals surface area contributed by atoms with E-state index in [0.29, 0.717) is 37.5 Å². The molecule has 1 N–H and O–H groups in total. The molecule has 2 aromatic carbocycles. The van der Waals surface area contributed by atoms with Crippen molar-refractivity contribution in [1.82, 2.24) is 9.62 Å². The lowest BCUT2D eigenvalue weighted by atomic mass is 10.0. The first-order valence-corrected chi connectivity index (χ1v) is 12.5. The second-order valence-corrected chi connectivity index (χ2v) is 10.6. The normalized spacial score (nSPS) is 20.1. The number of nitrogens with zero attached hydrogens (tertiary/aromatic N) is 2. The Balaban J connectivity index is 1.32. The number of hydrogen-bond acceptors (Lipinski definition) is 4. The molecule has 0 aliphatic carbocycles. The van der Waals surface area contributed by atoms with Crippen LogP contribution in [0, 0.1) is 12.8 Å². The monoisotopic (exact) mass is 475 g/mol. The van der Waals surface area contributed by atoms with E-state index in [4.69, 9.17) is 11.6 Å². The Morgan fingerprint density at radius 1 is 1.03 bits per heavy atom. The second-order valence-electron chi connectivity index (χ2n) is 8.42. The quantitative estimate of drug-likeness (QED) is 0.720. The molecule has 2 aromatic rings. The molecule has 2 aliphatic rings. The number of amides is 2. The van der Waals surface area contributed by atoms with Crippen LogP contribution >= 0.6 is 11.6 Å². The molecular weight excluding hydrogens is 450 g/mol. The summed E-state index contributed by atoms with van der Waals surface area (Å²) < 4.78 is 27.9. The van der Waals surface area contributed by atoms with Gasteiger partial charge in [-0.1, -0.05) is 29.3 Å². The summed E-state index contributed by atoms with van der Waals surface area (Å²) in [5.74, 6) is -0.448. The number of carbonyl (C=O) groups excluding carboxylic acids is 2. The van der Waals surface area contributed by atoms with E-state index in [-0.39, 0.29) is 35.1 Å². The summed E-state index contributed by atoms with van der Waals surface area (Å²) in [6.45, 7) is 3.29. The highest BCUT2D eigenvalue weighted by Crippen LogP contribution is 2.27. The van der Waals surface area contributed by atoms with Gasteiger partial charge in [-0.15, -0.1) is 0 Å². The molecule has 0 saturated carbocycles. The zero-order chi connectivity index (χ0) is 22.9. The van der Waals surface area contributed by atoms with Crippen LogP contribution in [0.2, 0.25) is 5.02 Å². The number of anilines is 1. The number of rotatable bonds is 5. The van der Waals surface area contributed by atoms with Crippen LogP contribution in [0.1, 0.15) is 24.8 Å². The number of hydrogen-bond donors (Lipinski definition) is 1. The fourth-order valence-corrected chi connectivity index (χ4v) is 5.66. The van der Waals surface area contributed by atoms with Crippen molar-refractivity contribution in [2.24, 2.45) is 5.92 Å². The predicted molar refractivity (Wildman–Crippen MR) is 123 cm³/mol. The Labute approximate surface area is 193 Å². The lowest BCUT2D eigenvalue weighted by molar-refractivity contribution is -0.136. The summed E-state index contributed by atoms with van der Waals surface area (Å²) in [5, 5.41) is 0.474. The number of piperidine rings is 1. The van der Waals surface area contributed by atoms with Gasteiger partial charge in [0.25, 0.3) is 0 Å². The van der Waals surface area contributed by atoms with Crippen molar-refractivity contribution < 1.29 is 18.0 Å². The largest absolute Gasteiger partial charge is 0.342 e. The summed E-state index contributed by atoms with van der Waals surface area (Å²) in [5.41, 5.74) is 1.92. The maximum absolute atomic E-state index is 13.0. The molecule has 9 heteroatoms. The smallest absolute Gasteiger partial charge is 0.240 e. The molecule has 7 nitrogen and oxygen atoms in total. The van der Waals surface area contributed by atoms with Crippen molar-refractivity contribution in [3.8, 4) is 0 Å². The molecular formula is C23H26ClN3O4S. The third-order valence-corrected chi connectivity index (χ3v) is 7.86. The Hall–Kier alpha value is -2.42. The lowest BCUT2D eigenvalue weighted by Gasteiger charge is -2.33. The van der Waals surface area contributed by atoms with Gasteiger partial charge < -0.3 is 9.80 Å². The van der Waals surface area contributed by atoms with Crippen molar-refractivity contribution in [2.45, 2.75) is 37.1 Å². The average Bonchev–Trinajstić information content (AvgIpc) is 3.16. The van der Waals surface area contributed by atoms with Gasteiger partial charge in [-0.3, -0.25) is 9.59 Å². The van der Waals surface area contributed by atoms with Crippen LogP contribution < -0.4 is 9.62 Å². The molecule has 0 bridgehead atoms. The van der Waals surface area contributed by atoms with Crippen molar-refractivity contribution >= 4 is 39.1 Å². The minimum Gasteiger partial charge on any atom is -0.342 e. The standard InChI is InChI=1S/C23H26ClN3O4S/c1-16-2-6-20(7-3-16)27-15-17(14-22(27)28)23(29)26-12-10-19(11-13-26)25-32(30,31)21-8-4-18(24)5-9-21/h2-9,17,19,25H,10-15H2,1H3. The van der Waals surface area contributed by atoms with Gasteiger partial charge in [-0.2, -0.15) is 0 Å². The molecule has 0 radical (unpaired) electrons. The number of benzene rings is 2. The highest BCUT2D eigenvalue weighted by atomic mass is 35.5. The fraction of sp³-hybridized carbons (Fsp3) is 0.391. The molecule has 0 spiro atoms. The van der Waals surface area contributed by atoms with Crippen LogP contribution in [0.15, 0.2) is 53.4 Å². The van der Waals surface area contributed by atoms with Crippen molar-refractivity contribution in [3.05, 3.63) is 59.1 Å². The summed E-state index contributed by atoms with van der Waals surface area (Å²) in [6, 6.07) is 13.5. The fourth-order valence-electron chi connectivity index (χ4n) is 4.22. The van der Waals surface area contributed by atoms with Gasteiger partial charge in [-0.05, 0) is 56.2 Å². The van der Waals surface area contributed by atoms with Gasteiger partial charge in [0.2, 0.25) is 21.8 Å². The minimum atomic E-state index is -3.64. The second kappa shape index (κ2) is 9.21. The Kier molecular flexibility index (Phi) is 6.55. The molecule has 2 heterocycles. The van der Waals surface area contributed by atoms with Gasteiger partial charge in [0.15, 0.2) is 0 Å². The molecule has 2 fully saturated rings. The van der Waals surface area contributed by atoms with Gasteiger partial charge in [-0.25, -0.2) is 13.1 Å². The summed E-state index contributed by atoms with van der Waals surface area (Å²) >= 11 is 5.84. The van der Waals surface area contributed by atoms with E-state index in [9.17, 15) is 18.0 Å². The Morgan fingerprint density at radius 3 is 2.28 bits per heavy atom. The minimum absolute atomic E-state index is 0.0352. The van der Waals surface area contributed by atoms with E-state index in [1.165, 1.54) is 12.1 Å². The van der Waals surface area contributed by atoms with Crippen molar-refractivity contribution in [3.63, 3.8) is 0 Å². The zero-order valence-corrected chi connectivity index (χ0v) is 19.4. The maximum atomic E-state index is 13.0. The molecule has 2 amide bonds. The van der Waals surface area contributed by atoms with Gasteiger partial charge in [0, 0.05) is 42.8 Å². The van der Waals surface area contributed by atoms with E-state index in [2.05, 4.69) is 4.72 Å². The van der Waals surface area contributed by atoms with E-state index in [0.717, 1.165) is 11.3 Å². The number of sulfonamides is 1. The highest BCUT2D eigenvalue weighted by Gasteiger charge is 2.38. The number of halogens is 1. The van der Waals surface area contributed by atoms with E-state index in [1.54, 1.807) is 21.9 Å². The van der Waals surface area contributed by atoms with E-state index < -0.39 is 10.0 Å². The SMILES string of the molecule is Cc1ccc(N2CC(C(=O)N3CCC(NS(=O)(=O)c4ccc(Cl)cc4)CC3)CC2=O)cc1. The van der Waals surface area contributed by atoms with Crippen LogP contribution in [-0.4, -0.2) is 50.8 Å². The van der Waals surface area contributed by atoms with Crippen molar-refractivity contribution in [2.75, 3.05) is 24.5 Å². The van der Waals surface area contributed by atoms with Crippen LogP contribution in [0.3, 0.4) is 0 Å². The first-order valence-electron chi connectivity index (χ1n) is 10.7. The molecule has 170 valence electrons. The molecule has 32 heavy (non-hydrogen) atoms. The molecule has 0 aromatic heterocycles. The summed E-state index contributed by atoms with van der Waals surface area (Å²) in [6.07, 6.45) is 1.26. The topological polar surface area (TPSA) is 86.8 Å². The molecule has 1 unspecified atom stereocenters. The first-order chi connectivity index (χ1) is 15.2. The van der Waals surface area contributed by atoms with E-state index in [1.807, 2.05) is 31.2 Å². The number of aryl methyl sites for hydroxylation is 1. The third-order valence-electron chi connectivity index (χ3n) is 6.07. The highest BCUT2D eigenvalue weighted by molar-refractivity contribution is 7.89. The van der Waals surface area contributed by atoms with Crippen LogP contribution in [0.4, 0.5) is 5.69 Å². The average molecular weight is 476 g/mol. The maximum Gasteiger partial charge on any atom is 0.240 e. The number of likely N-dealkylation sites (tertiary alicyclic amines) is 1. The Morgan fingerprint density at radius 2 is 1.66 bits per heavy atom. The summed E-state index contributed by atoms with van der Waals surface area (Å²) in [7, 11) is -3.64.